The topological polar surface area (TPSA) is 99.8 Å². The van der Waals surface area contributed by atoms with Crippen LogP contribution in [-0.2, 0) is 11.3 Å². The Bertz CT molecular complexity index is 808. The van der Waals surface area contributed by atoms with Crippen molar-refractivity contribution in [2.45, 2.75) is 25.8 Å². The molecule has 0 saturated carbocycles. The zero-order chi connectivity index (χ0) is 14.8. The third kappa shape index (κ3) is 2.52. The van der Waals surface area contributed by atoms with E-state index in [4.69, 9.17) is 11.5 Å². The SMILES string of the molecule is NC(=O)CCCCn1c(N)nc2cnc3ccccc3c21. The minimum absolute atomic E-state index is 0.270. The third-order valence-corrected chi connectivity index (χ3v) is 3.56. The van der Waals surface area contributed by atoms with Crippen molar-refractivity contribution < 1.29 is 4.79 Å². The number of fused-ring (bicyclic) bond motifs is 3. The van der Waals surface area contributed by atoms with Gasteiger partial charge in [-0.05, 0) is 18.9 Å². The Kier molecular flexibility index (Phi) is 3.43. The van der Waals surface area contributed by atoms with Gasteiger partial charge in [0.2, 0.25) is 11.9 Å². The average Bonchev–Trinajstić information content (AvgIpc) is 2.79. The van der Waals surface area contributed by atoms with Crippen LogP contribution in [-0.4, -0.2) is 20.4 Å². The van der Waals surface area contributed by atoms with Gasteiger partial charge in [-0.2, -0.15) is 0 Å². The normalized spacial score (nSPS) is 11.2. The van der Waals surface area contributed by atoms with Gasteiger partial charge in [0.05, 0.1) is 17.2 Å². The number of nitrogen functional groups attached to an aromatic ring is 1. The molecule has 0 radical (unpaired) electrons. The number of carbonyl (C=O) groups excluding carboxylic acids is 1. The lowest BCUT2D eigenvalue weighted by molar-refractivity contribution is -0.118. The molecule has 0 saturated heterocycles. The molecule has 3 rings (SSSR count). The second kappa shape index (κ2) is 5.40. The average molecular weight is 283 g/mol. The Hall–Kier alpha value is -2.63. The molecule has 6 nitrogen and oxygen atoms in total. The third-order valence-electron chi connectivity index (χ3n) is 3.56. The van der Waals surface area contributed by atoms with Crippen molar-refractivity contribution in [1.29, 1.82) is 0 Å². The van der Waals surface area contributed by atoms with Crippen molar-refractivity contribution in [1.82, 2.24) is 14.5 Å². The maximum Gasteiger partial charge on any atom is 0.217 e. The molecule has 0 aliphatic heterocycles. The molecule has 3 aromatic rings. The molecule has 1 amide bonds. The first-order valence-electron chi connectivity index (χ1n) is 6.94. The van der Waals surface area contributed by atoms with Gasteiger partial charge in [0.15, 0.2) is 0 Å². The number of anilines is 1. The number of hydrogen-bond acceptors (Lipinski definition) is 4. The Morgan fingerprint density at radius 3 is 2.81 bits per heavy atom. The monoisotopic (exact) mass is 283 g/mol. The van der Waals surface area contributed by atoms with E-state index in [0.717, 1.165) is 34.8 Å². The van der Waals surface area contributed by atoms with Crippen LogP contribution in [0.5, 0.6) is 0 Å². The van der Waals surface area contributed by atoms with E-state index >= 15 is 0 Å². The van der Waals surface area contributed by atoms with Crippen LogP contribution < -0.4 is 11.5 Å². The number of rotatable bonds is 5. The lowest BCUT2D eigenvalue weighted by Gasteiger charge is -2.07. The lowest BCUT2D eigenvalue weighted by Crippen LogP contribution is -2.10. The number of benzene rings is 1. The highest BCUT2D eigenvalue weighted by Crippen LogP contribution is 2.25. The fraction of sp³-hybridized carbons (Fsp3) is 0.267. The minimum Gasteiger partial charge on any atom is -0.370 e. The van der Waals surface area contributed by atoms with Crippen molar-refractivity contribution in [3.8, 4) is 0 Å². The highest BCUT2D eigenvalue weighted by Gasteiger charge is 2.11. The number of nitrogens with zero attached hydrogens (tertiary/aromatic N) is 3. The Morgan fingerprint density at radius 1 is 1.19 bits per heavy atom. The number of aromatic nitrogens is 3. The number of carbonyl (C=O) groups is 1. The number of nitrogens with two attached hydrogens (primary N) is 2. The largest absolute Gasteiger partial charge is 0.370 e. The number of para-hydroxylation sites is 1. The maximum absolute atomic E-state index is 10.8. The standard InChI is InChI=1S/C15H17N5O/c16-13(21)7-3-4-8-20-14-10-5-1-2-6-11(10)18-9-12(14)19-15(20)17/h1-2,5-6,9H,3-4,7-8H2,(H2,16,21)(H2,17,19). The Balaban J connectivity index is 1.99. The highest BCUT2D eigenvalue weighted by molar-refractivity contribution is 6.02. The van der Waals surface area contributed by atoms with E-state index < -0.39 is 0 Å². The van der Waals surface area contributed by atoms with E-state index in [1.54, 1.807) is 6.20 Å². The van der Waals surface area contributed by atoms with Gasteiger partial charge in [0, 0.05) is 18.4 Å². The van der Waals surface area contributed by atoms with E-state index in [1.807, 2.05) is 28.8 Å². The zero-order valence-corrected chi connectivity index (χ0v) is 11.6. The van der Waals surface area contributed by atoms with Gasteiger partial charge in [-0.3, -0.25) is 9.78 Å². The molecule has 0 spiro atoms. The van der Waals surface area contributed by atoms with Crippen LogP contribution in [0.2, 0.25) is 0 Å². The molecule has 21 heavy (non-hydrogen) atoms. The number of amides is 1. The molecule has 2 heterocycles. The lowest BCUT2D eigenvalue weighted by atomic mass is 10.2. The van der Waals surface area contributed by atoms with E-state index in [0.29, 0.717) is 18.9 Å². The summed E-state index contributed by atoms with van der Waals surface area (Å²) in [6.45, 7) is 0.712. The van der Waals surface area contributed by atoms with E-state index in [9.17, 15) is 4.79 Å². The summed E-state index contributed by atoms with van der Waals surface area (Å²) in [6.07, 6.45) is 3.72. The second-order valence-electron chi connectivity index (χ2n) is 5.05. The summed E-state index contributed by atoms with van der Waals surface area (Å²) < 4.78 is 1.99. The summed E-state index contributed by atoms with van der Waals surface area (Å²) >= 11 is 0. The molecule has 0 fully saturated rings. The quantitative estimate of drug-likeness (QED) is 0.697. The summed E-state index contributed by atoms with van der Waals surface area (Å²) in [5, 5.41) is 1.04. The van der Waals surface area contributed by atoms with Crippen LogP contribution in [0.15, 0.2) is 30.5 Å². The van der Waals surface area contributed by atoms with Crippen LogP contribution in [0.25, 0.3) is 21.9 Å². The van der Waals surface area contributed by atoms with Crippen molar-refractivity contribution in [2.24, 2.45) is 5.73 Å². The molecule has 6 heteroatoms. The fourth-order valence-electron chi connectivity index (χ4n) is 2.58. The second-order valence-corrected chi connectivity index (χ2v) is 5.05. The number of aryl methyl sites for hydroxylation is 1. The fourth-order valence-corrected chi connectivity index (χ4v) is 2.58. The number of pyridine rings is 1. The molecule has 1 aromatic carbocycles. The van der Waals surface area contributed by atoms with Crippen molar-refractivity contribution in [3.05, 3.63) is 30.5 Å². The minimum atomic E-state index is -0.270. The van der Waals surface area contributed by atoms with Gasteiger partial charge in [-0.1, -0.05) is 18.2 Å². The molecule has 0 aliphatic rings. The summed E-state index contributed by atoms with van der Waals surface area (Å²) in [6, 6.07) is 7.92. The molecule has 108 valence electrons. The summed E-state index contributed by atoms with van der Waals surface area (Å²) in [5.74, 6) is 0.204. The molecular formula is C15H17N5O. The molecule has 0 unspecified atom stereocenters. The van der Waals surface area contributed by atoms with Crippen LogP contribution >= 0.6 is 0 Å². The summed E-state index contributed by atoms with van der Waals surface area (Å²) in [5.41, 5.74) is 13.9. The predicted octanol–water partition coefficient (Wildman–Crippen LogP) is 1.82. The zero-order valence-electron chi connectivity index (χ0n) is 11.6. The predicted molar refractivity (Wildman–Crippen MR) is 82.5 cm³/mol. The molecular weight excluding hydrogens is 266 g/mol. The van der Waals surface area contributed by atoms with Gasteiger partial charge in [-0.15, -0.1) is 0 Å². The molecule has 0 atom stereocenters. The maximum atomic E-state index is 10.8. The van der Waals surface area contributed by atoms with Crippen molar-refractivity contribution in [2.75, 3.05) is 5.73 Å². The van der Waals surface area contributed by atoms with Gasteiger partial charge in [0.1, 0.15) is 5.52 Å². The van der Waals surface area contributed by atoms with E-state index in [2.05, 4.69) is 9.97 Å². The first-order valence-corrected chi connectivity index (χ1v) is 6.94. The molecule has 2 aromatic heterocycles. The Morgan fingerprint density at radius 2 is 2.00 bits per heavy atom. The van der Waals surface area contributed by atoms with E-state index in [-0.39, 0.29) is 5.91 Å². The van der Waals surface area contributed by atoms with Crippen LogP contribution in [0.4, 0.5) is 5.95 Å². The number of hydrogen-bond donors (Lipinski definition) is 2. The number of primary amides is 1. The van der Waals surface area contributed by atoms with Gasteiger partial charge in [0.25, 0.3) is 0 Å². The molecule has 0 bridgehead atoms. The van der Waals surface area contributed by atoms with E-state index in [1.165, 1.54) is 0 Å². The highest BCUT2D eigenvalue weighted by atomic mass is 16.1. The van der Waals surface area contributed by atoms with Gasteiger partial charge in [-0.25, -0.2) is 4.98 Å². The summed E-state index contributed by atoms with van der Waals surface area (Å²) in [7, 11) is 0. The number of imidazole rings is 1. The van der Waals surface area contributed by atoms with Gasteiger partial charge >= 0.3 is 0 Å². The van der Waals surface area contributed by atoms with Crippen molar-refractivity contribution >= 4 is 33.8 Å². The summed E-state index contributed by atoms with van der Waals surface area (Å²) in [4.78, 5) is 19.5. The van der Waals surface area contributed by atoms with Crippen LogP contribution in [0.3, 0.4) is 0 Å². The van der Waals surface area contributed by atoms with Crippen LogP contribution in [0.1, 0.15) is 19.3 Å². The van der Waals surface area contributed by atoms with Crippen molar-refractivity contribution in [3.63, 3.8) is 0 Å². The smallest absolute Gasteiger partial charge is 0.217 e. The molecule has 4 N–H and O–H groups in total. The Labute approximate surface area is 121 Å². The van der Waals surface area contributed by atoms with Crippen LogP contribution in [0, 0.1) is 0 Å². The first-order chi connectivity index (χ1) is 10.2. The number of unbranched alkanes of at least 4 members (excludes halogenated alkanes) is 1. The van der Waals surface area contributed by atoms with Gasteiger partial charge < -0.3 is 16.0 Å². The first kappa shape index (κ1) is 13.4. The molecule has 0 aliphatic carbocycles.